The molecule has 8 nitrogen and oxygen atoms in total. The largest absolute Gasteiger partial charge is 0.502 e. The molecule has 0 saturated heterocycles. The van der Waals surface area contributed by atoms with Gasteiger partial charge < -0.3 is 16.2 Å². The van der Waals surface area contributed by atoms with Crippen LogP contribution in [0.2, 0.25) is 0 Å². The Balaban J connectivity index is 2.91. The molecule has 1 aromatic rings. The number of nitro groups is 1. The quantitative estimate of drug-likeness (QED) is 0.508. The van der Waals surface area contributed by atoms with Crippen LogP contribution in [0.1, 0.15) is 17.3 Å². The highest BCUT2D eigenvalue weighted by Crippen LogP contribution is 2.26. The number of benzene rings is 1. The van der Waals surface area contributed by atoms with Crippen LogP contribution in [0.25, 0.3) is 0 Å². The maximum absolute atomic E-state index is 11.6. The summed E-state index contributed by atoms with van der Waals surface area (Å²) < 4.78 is 0. The van der Waals surface area contributed by atoms with E-state index in [0.717, 1.165) is 12.1 Å². The summed E-state index contributed by atoms with van der Waals surface area (Å²) in [5, 5.41) is 22.1. The Labute approximate surface area is 102 Å². The lowest BCUT2D eigenvalue weighted by Crippen LogP contribution is -2.42. The molecule has 0 aliphatic carbocycles. The zero-order valence-electron chi connectivity index (χ0n) is 9.41. The van der Waals surface area contributed by atoms with Crippen LogP contribution in [-0.4, -0.2) is 27.9 Å². The van der Waals surface area contributed by atoms with Crippen LogP contribution in [0, 0.1) is 10.1 Å². The van der Waals surface area contributed by atoms with Gasteiger partial charge in [-0.3, -0.25) is 19.7 Å². The lowest BCUT2D eigenvalue weighted by molar-refractivity contribution is -0.385. The first-order valence-corrected chi connectivity index (χ1v) is 4.90. The molecule has 1 atom stereocenters. The standard InChI is InChI=1S/C10H11N3O5/c1-5(9(11)15)12-10(16)6-2-3-7(13(17)18)8(14)4-6/h2-5,14H,1H3,(H2,11,15)(H,12,16). The molecule has 96 valence electrons. The fraction of sp³-hybridized carbons (Fsp3) is 0.200. The average molecular weight is 253 g/mol. The Kier molecular flexibility index (Phi) is 3.82. The monoisotopic (exact) mass is 253 g/mol. The van der Waals surface area contributed by atoms with Crippen molar-refractivity contribution in [1.29, 1.82) is 0 Å². The summed E-state index contributed by atoms with van der Waals surface area (Å²) in [6, 6.07) is 2.23. The van der Waals surface area contributed by atoms with Crippen LogP contribution in [0.15, 0.2) is 18.2 Å². The molecule has 0 radical (unpaired) electrons. The van der Waals surface area contributed by atoms with Crippen molar-refractivity contribution in [2.24, 2.45) is 5.73 Å². The molecule has 18 heavy (non-hydrogen) atoms. The molecule has 0 aromatic heterocycles. The minimum atomic E-state index is -0.880. The first kappa shape index (κ1) is 13.4. The molecule has 0 saturated carbocycles. The number of nitrogens with one attached hydrogen (secondary N) is 1. The van der Waals surface area contributed by atoms with Gasteiger partial charge in [0.2, 0.25) is 5.91 Å². The predicted molar refractivity (Wildman–Crippen MR) is 60.9 cm³/mol. The number of rotatable bonds is 4. The van der Waals surface area contributed by atoms with E-state index in [2.05, 4.69) is 5.32 Å². The summed E-state index contributed by atoms with van der Waals surface area (Å²) in [5.41, 5.74) is 4.45. The zero-order valence-corrected chi connectivity index (χ0v) is 9.41. The van der Waals surface area contributed by atoms with E-state index in [1.165, 1.54) is 13.0 Å². The van der Waals surface area contributed by atoms with E-state index in [0.29, 0.717) is 0 Å². The normalized spacial score (nSPS) is 11.6. The number of nitrogens with two attached hydrogens (primary N) is 1. The van der Waals surface area contributed by atoms with Crippen molar-refractivity contribution >= 4 is 17.5 Å². The minimum Gasteiger partial charge on any atom is -0.502 e. The molecule has 1 unspecified atom stereocenters. The Morgan fingerprint density at radius 3 is 2.56 bits per heavy atom. The molecule has 2 amide bonds. The maximum atomic E-state index is 11.6. The second-order valence-corrected chi connectivity index (χ2v) is 3.56. The molecule has 0 aliphatic heterocycles. The van der Waals surface area contributed by atoms with E-state index < -0.39 is 34.2 Å². The van der Waals surface area contributed by atoms with Crippen molar-refractivity contribution in [2.75, 3.05) is 0 Å². The number of carbonyl (C=O) groups is 2. The molecule has 0 bridgehead atoms. The van der Waals surface area contributed by atoms with Gasteiger partial charge in [-0.15, -0.1) is 0 Å². The number of primary amides is 1. The van der Waals surface area contributed by atoms with Gasteiger partial charge >= 0.3 is 5.69 Å². The molecular formula is C10H11N3O5. The Morgan fingerprint density at radius 1 is 1.50 bits per heavy atom. The first-order chi connectivity index (χ1) is 8.32. The van der Waals surface area contributed by atoms with Crippen LogP contribution >= 0.6 is 0 Å². The smallest absolute Gasteiger partial charge is 0.310 e. The highest BCUT2D eigenvalue weighted by atomic mass is 16.6. The molecule has 4 N–H and O–H groups in total. The van der Waals surface area contributed by atoms with Crippen LogP contribution < -0.4 is 11.1 Å². The van der Waals surface area contributed by atoms with Gasteiger partial charge in [-0.1, -0.05) is 0 Å². The second-order valence-electron chi connectivity index (χ2n) is 3.56. The summed E-state index contributed by atoms with van der Waals surface area (Å²) in [5.74, 6) is -2.00. The van der Waals surface area contributed by atoms with Gasteiger partial charge in [0, 0.05) is 11.6 Å². The molecule has 8 heteroatoms. The minimum absolute atomic E-state index is 0.00815. The first-order valence-electron chi connectivity index (χ1n) is 4.90. The van der Waals surface area contributed by atoms with Crippen LogP contribution in [0.3, 0.4) is 0 Å². The fourth-order valence-corrected chi connectivity index (χ4v) is 1.17. The van der Waals surface area contributed by atoms with Crippen molar-refractivity contribution in [1.82, 2.24) is 5.32 Å². The van der Waals surface area contributed by atoms with Crippen LogP contribution in [-0.2, 0) is 4.79 Å². The van der Waals surface area contributed by atoms with Gasteiger partial charge in [-0.2, -0.15) is 0 Å². The van der Waals surface area contributed by atoms with Crippen molar-refractivity contribution in [3.05, 3.63) is 33.9 Å². The van der Waals surface area contributed by atoms with Crippen molar-refractivity contribution in [3.8, 4) is 5.75 Å². The van der Waals surface area contributed by atoms with Crippen molar-refractivity contribution in [2.45, 2.75) is 13.0 Å². The Bertz CT molecular complexity index is 514. The lowest BCUT2D eigenvalue weighted by atomic mass is 10.1. The summed E-state index contributed by atoms with van der Waals surface area (Å²) >= 11 is 0. The van der Waals surface area contributed by atoms with Gasteiger partial charge in [0.25, 0.3) is 5.91 Å². The number of phenols is 1. The molecule has 1 rings (SSSR count). The third kappa shape index (κ3) is 2.94. The van der Waals surface area contributed by atoms with E-state index in [-0.39, 0.29) is 5.56 Å². The van der Waals surface area contributed by atoms with Gasteiger partial charge in [0.1, 0.15) is 6.04 Å². The topological polar surface area (TPSA) is 136 Å². The van der Waals surface area contributed by atoms with Crippen LogP contribution in [0.5, 0.6) is 5.75 Å². The summed E-state index contributed by atoms with van der Waals surface area (Å²) in [6.45, 7) is 1.39. The molecule has 0 fully saturated rings. The molecule has 1 aromatic carbocycles. The summed E-state index contributed by atoms with van der Waals surface area (Å²) in [6.07, 6.45) is 0. The zero-order chi connectivity index (χ0) is 13.9. The van der Waals surface area contributed by atoms with Crippen molar-refractivity contribution < 1.29 is 19.6 Å². The van der Waals surface area contributed by atoms with Crippen LogP contribution in [0.4, 0.5) is 5.69 Å². The molecular weight excluding hydrogens is 242 g/mol. The number of hydrogen-bond acceptors (Lipinski definition) is 5. The number of hydrogen-bond donors (Lipinski definition) is 3. The van der Waals surface area contributed by atoms with Gasteiger partial charge in [0.05, 0.1) is 4.92 Å². The maximum Gasteiger partial charge on any atom is 0.310 e. The molecule has 0 heterocycles. The fourth-order valence-electron chi connectivity index (χ4n) is 1.17. The SMILES string of the molecule is CC(NC(=O)c1ccc([N+](=O)[O-])c(O)c1)C(N)=O. The highest BCUT2D eigenvalue weighted by molar-refractivity contribution is 5.97. The summed E-state index contributed by atoms with van der Waals surface area (Å²) in [4.78, 5) is 32.0. The Morgan fingerprint density at radius 2 is 2.11 bits per heavy atom. The summed E-state index contributed by atoms with van der Waals surface area (Å²) in [7, 11) is 0. The third-order valence-corrected chi connectivity index (χ3v) is 2.21. The number of phenolic OH excluding ortho intramolecular Hbond substituents is 1. The van der Waals surface area contributed by atoms with E-state index in [9.17, 15) is 24.8 Å². The molecule has 0 spiro atoms. The highest BCUT2D eigenvalue weighted by Gasteiger charge is 2.18. The van der Waals surface area contributed by atoms with E-state index in [1.807, 2.05) is 0 Å². The molecule has 0 aliphatic rings. The Hall–Kier alpha value is -2.64. The van der Waals surface area contributed by atoms with Gasteiger partial charge in [-0.05, 0) is 19.1 Å². The predicted octanol–water partition coefficient (Wildman–Crippen LogP) is -0.0960. The number of amides is 2. The second kappa shape index (κ2) is 5.13. The lowest BCUT2D eigenvalue weighted by Gasteiger charge is -2.10. The van der Waals surface area contributed by atoms with E-state index >= 15 is 0 Å². The van der Waals surface area contributed by atoms with E-state index in [4.69, 9.17) is 5.73 Å². The van der Waals surface area contributed by atoms with Gasteiger partial charge in [-0.25, -0.2) is 0 Å². The third-order valence-electron chi connectivity index (χ3n) is 2.21. The van der Waals surface area contributed by atoms with E-state index in [1.54, 1.807) is 0 Å². The number of nitro benzene ring substituents is 1. The van der Waals surface area contributed by atoms with Crippen molar-refractivity contribution in [3.63, 3.8) is 0 Å². The van der Waals surface area contributed by atoms with Gasteiger partial charge in [0.15, 0.2) is 5.75 Å². The average Bonchev–Trinajstić information content (AvgIpc) is 2.27. The number of carbonyl (C=O) groups excluding carboxylic acids is 2. The number of nitrogens with zero attached hydrogens (tertiary/aromatic N) is 1. The number of aromatic hydroxyl groups is 1.